The van der Waals surface area contributed by atoms with Gasteiger partial charge in [-0.15, -0.1) is 0 Å². The van der Waals surface area contributed by atoms with Gasteiger partial charge < -0.3 is 9.15 Å². The summed E-state index contributed by atoms with van der Waals surface area (Å²) >= 11 is 3.41. The Balaban J connectivity index is 1.65. The van der Waals surface area contributed by atoms with Crippen LogP contribution < -0.4 is 0 Å². The van der Waals surface area contributed by atoms with Gasteiger partial charge in [0.05, 0.1) is 17.4 Å². The van der Waals surface area contributed by atoms with E-state index in [2.05, 4.69) is 26.0 Å². The van der Waals surface area contributed by atoms with Crippen molar-refractivity contribution in [1.29, 1.82) is 0 Å². The van der Waals surface area contributed by atoms with Gasteiger partial charge in [0, 0.05) is 16.1 Å². The predicted molar refractivity (Wildman–Crippen MR) is 95.6 cm³/mol. The number of benzene rings is 1. The molecule has 3 rings (SSSR count). The summed E-state index contributed by atoms with van der Waals surface area (Å²) in [5.74, 6) is 0.155. The average Bonchev–Trinajstić information content (AvgIpc) is 3.21. The molecule has 0 radical (unpaired) electrons. The molecule has 0 aliphatic rings. The molecule has 0 bridgehead atoms. The topological polar surface area (TPSA) is 70.2 Å². The summed E-state index contributed by atoms with van der Waals surface area (Å²) in [6.45, 7) is 6.07. The van der Waals surface area contributed by atoms with Crippen LogP contribution in [0.25, 0.3) is 5.69 Å². The van der Waals surface area contributed by atoms with Crippen LogP contribution >= 0.6 is 15.9 Å². The van der Waals surface area contributed by atoms with E-state index in [1.165, 1.54) is 12.5 Å². The van der Waals surface area contributed by atoms with Crippen LogP contribution in [0.2, 0.25) is 0 Å². The van der Waals surface area contributed by atoms with Crippen molar-refractivity contribution in [2.45, 2.75) is 32.8 Å². The molecule has 0 aliphatic heterocycles. The Hall–Kier alpha value is -2.41. The lowest BCUT2D eigenvalue weighted by Gasteiger charge is -2.11. The van der Waals surface area contributed by atoms with Crippen LogP contribution in [0, 0.1) is 0 Å². The van der Waals surface area contributed by atoms with Crippen LogP contribution in [-0.2, 0) is 16.8 Å². The highest BCUT2D eigenvalue weighted by Crippen LogP contribution is 2.21. The number of halogens is 1. The maximum absolute atomic E-state index is 12.2. The standard InChI is InChI=1S/C18H18BrN3O3/c1-18(2,3)17-21-14(11-25-17)10-24-16(23)12-8-20-22(9-12)15-6-4-5-13(19)7-15/h4-9,11H,10H2,1-3H3. The Morgan fingerprint density at radius 1 is 1.36 bits per heavy atom. The van der Waals surface area contributed by atoms with Gasteiger partial charge in [0.1, 0.15) is 18.6 Å². The van der Waals surface area contributed by atoms with E-state index in [4.69, 9.17) is 9.15 Å². The molecule has 0 unspecified atom stereocenters. The van der Waals surface area contributed by atoms with Crippen LogP contribution in [0.4, 0.5) is 0 Å². The lowest BCUT2D eigenvalue weighted by molar-refractivity contribution is 0.0467. The van der Waals surface area contributed by atoms with Crippen LogP contribution in [-0.4, -0.2) is 20.7 Å². The number of esters is 1. The number of carbonyl (C=O) groups excluding carboxylic acids is 1. The molecule has 130 valence electrons. The first-order chi connectivity index (χ1) is 11.8. The van der Waals surface area contributed by atoms with E-state index < -0.39 is 5.97 Å². The summed E-state index contributed by atoms with van der Waals surface area (Å²) in [4.78, 5) is 16.5. The molecule has 0 aliphatic carbocycles. The van der Waals surface area contributed by atoms with Crippen molar-refractivity contribution in [3.05, 3.63) is 64.5 Å². The zero-order valence-electron chi connectivity index (χ0n) is 14.2. The summed E-state index contributed by atoms with van der Waals surface area (Å²) < 4.78 is 13.3. The molecule has 0 amide bonds. The van der Waals surface area contributed by atoms with E-state index in [1.807, 2.05) is 45.0 Å². The number of oxazole rings is 1. The summed E-state index contributed by atoms with van der Waals surface area (Å²) in [5, 5.41) is 4.20. The highest BCUT2D eigenvalue weighted by molar-refractivity contribution is 9.10. The Bertz CT molecular complexity index is 893. The minimum atomic E-state index is -0.457. The third-order valence-electron chi connectivity index (χ3n) is 3.44. The summed E-state index contributed by atoms with van der Waals surface area (Å²) in [6.07, 6.45) is 4.62. The van der Waals surface area contributed by atoms with Crippen LogP contribution in [0.15, 0.2) is 51.8 Å². The van der Waals surface area contributed by atoms with Crippen molar-refractivity contribution in [2.24, 2.45) is 0 Å². The fourth-order valence-corrected chi connectivity index (χ4v) is 2.52. The van der Waals surface area contributed by atoms with Gasteiger partial charge in [-0.2, -0.15) is 5.10 Å². The van der Waals surface area contributed by atoms with E-state index in [9.17, 15) is 4.79 Å². The van der Waals surface area contributed by atoms with Gasteiger partial charge in [0.2, 0.25) is 0 Å². The number of nitrogens with zero attached hydrogens (tertiary/aromatic N) is 3. The first-order valence-corrected chi connectivity index (χ1v) is 8.55. The highest BCUT2D eigenvalue weighted by Gasteiger charge is 2.21. The number of carbonyl (C=O) groups is 1. The van der Waals surface area contributed by atoms with Gasteiger partial charge in [-0.1, -0.05) is 42.8 Å². The SMILES string of the molecule is CC(C)(C)c1nc(COC(=O)c2cnn(-c3cccc(Br)c3)c2)co1. The fourth-order valence-electron chi connectivity index (χ4n) is 2.13. The molecule has 0 N–H and O–H groups in total. The number of ether oxygens (including phenoxy) is 1. The molecular formula is C18H18BrN3O3. The van der Waals surface area contributed by atoms with Crippen molar-refractivity contribution in [3.63, 3.8) is 0 Å². The summed E-state index contributed by atoms with van der Waals surface area (Å²) in [5.41, 5.74) is 1.62. The summed E-state index contributed by atoms with van der Waals surface area (Å²) in [6, 6.07) is 7.63. The second-order valence-electron chi connectivity index (χ2n) is 6.62. The number of rotatable bonds is 4. The van der Waals surface area contributed by atoms with Crippen LogP contribution in [0.3, 0.4) is 0 Å². The lowest BCUT2D eigenvalue weighted by Crippen LogP contribution is -2.12. The molecule has 6 nitrogen and oxygen atoms in total. The molecule has 2 heterocycles. The molecule has 3 aromatic rings. The first kappa shape index (κ1) is 17.4. The Kier molecular flexibility index (Phi) is 4.76. The second-order valence-corrected chi connectivity index (χ2v) is 7.54. The molecule has 0 fully saturated rings. The quantitative estimate of drug-likeness (QED) is 0.608. The number of hydrogen-bond acceptors (Lipinski definition) is 5. The smallest absolute Gasteiger partial charge is 0.341 e. The third-order valence-corrected chi connectivity index (χ3v) is 3.93. The van der Waals surface area contributed by atoms with Gasteiger partial charge in [-0.25, -0.2) is 14.5 Å². The van der Waals surface area contributed by atoms with E-state index in [-0.39, 0.29) is 12.0 Å². The van der Waals surface area contributed by atoms with Gasteiger partial charge >= 0.3 is 5.97 Å². The molecule has 7 heteroatoms. The average molecular weight is 404 g/mol. The van der Waals surface area contributed by atoms with E-state index in [0.29, 0.717) is 17.1 Å². The van der Waals surface area contributed by atoms with Crippen molar-refractivity contribution in [1.82, 2.24) is 14.8 Å². The molecule has 0 atom stereocenters. The minimum Gasteiger partial charge on any atom is -0.455 e. The highest BCUT2D eigenvalue weighted by atomic mass is 79.9. The lowest BCUT2D eigenvalue weighted by atomic mass is 9.97. The number of aromatic nitrogens is 3. The van der Waals surface area contributed by atoms with Crippen molar-refractivity contribution in [2.75, 3.05) is 0 Å². The zero-order chi connectivity index (χ0) is 18.0. The predicted octanol–water partition coefficient (Wildman–Crippen LogP) is 4.28. The molecule has 0 saturated carbocycles. The van der Waals surface area contributed by atoms with Crippen molar-refractivity contribution >= 4 is 21.9 Å². The zero-order valence-corrected chi connectivity index (χ0v) is 15.8. The van der Waals surface area contributed by atoms with E-state index >= 15 is 0 Å². The normalized spacial score (nSPS) is 11.5. The van der Waals surface area contributed by atoms with Gasteiger partial charge in [0.25, 0.3) is 0 Å². The van der Waals surface area contributed by atoms with Crippen molar-refractivity contribution < 1.29 is 13.9 Å². The first-order valence-electron chi connectivity index (χ1n) is 7.75. The second kappa shape index (κ2) is 6.84. The molecule has 25 heavy (non-hydrogen) atoms. The maximum atomic E-state index is 12.2. The number of hydrogen-bond donors (Lipinski definition) is 0. The van der Waals surface area contributed by atoms with E-state index in [0.717, 1.165) is 10.2 Å². The molecular weight excluding hydrogens is 386 g/mol. The van der Waals surface area contributed by atoms with E-state index in [1.54, 1.807) is 10.9 Å². The van der Waals surface area contributed by atoms with Gasteiger partial charge in [-0.05, 0) is 18.2 Å². The maximum Gasteiger partial charge on any atom is 0.341 e. The monoisotopic (exact) mass is 403 g/mol. The largest absolute Gasteiger partial charge is 0.455 e. The molecule has 2 aromatic heterocycles. The van der Waals surface area contributed by atoms with Crippen LogP contribution in [0.5, 0.6) is 0 Å². The fraction of sp³-hybridized carbons (Fsp3) is 0.278. The van der Waals surface area contributed by atoms with Gasteiger partial charge in [0.15, 0.2) is 5.89 Å². The molecule has 0 saturated heterocycles. The Labute approximate surface area is 153 Å². The minimum absolute atomic E-state index is 0.0560. The Morgan fingerprint density at radius 2 is 2.16 bits per heavy atom. The van der Waals surface area contributed by atoms with Crippen LogP contribution in [0.1, 0.15) is 42.7 Å². The molecule has 1 aromatic carbocycles. The Morgan fingerprint density at radius 3 is 2.84 bits per heavy atom. The molecule has 0 spiro atoms. The van der Waals surface area contributed by atoms with Crippen molar-refractivity contribution in [3.8, 4) is 5.69 Å². The third kappa shape index (κ3) is 4.17. The van der Waals surface area contributed by atoms with Gasteiger partial charge in [-0.3, -0.25) is 0 Å². The summed E-state index contributed by atoms with van der Waals surface area (Å²) in [7, 11) is 0.